The number of carbonyl (C=O) groups excluding carboxylic acids is 2. The molecule has 0 spiro atoms. The lowest BCUT2D eigenvalue weighted by Gasteiger charge is -2.28. The number of aliphatic hydroxyl groups excluding tert-OH is 1. The highest BCUT2D eigenvalue weighted by atomic mass is 32.1. The van der Waals surface area contributed by atoms with Gasteiger partial charge in [0.25, 0.3) is 5.88 Å². The zero-order valence-electron chi connectivity index (χ0n) is 20.4. The highest BCUT2D eigenvalue weighted by molar-refractivity contribution is 7.09. The Hall–Kier alpha value is -2.98. The predicted octanol–water partition coefficient (Wildman–Crippen LogP) is 2.94. The number of nitrogens with one attached hydrogen (secondary N) is 1. The number of likely N-dealkylation sites (tertiary alicyclic amines) is 1. The van der Waals surface area contributed by atoms with Crippen LogP contribution in [0.5, 0.6) is 5.88 Å². The summed E-state index contributed by atoms with van der Waals surface area (Å²) < 4.78 is 10.4. The van der Waals surface area contributed by atoms with E-state index in [1.54, 1.807) is 17.4 Å². The second-order valence-electron chi connectivity index (χ2n) is 9.39. The number of aromatic nitrogens is 2. The zero-order valence-corrected chi connectivity index (χ0v) is 21.2. The number of aliphatic hydroxyl groups is 1. The first-order chi connectivity index (χ1) is 16.8. The van der Waals surface area contributed by atoms with E-state index in [9.17, 15) is 14.7 Å². The maximum absolute atomic E-state index is 13.5. The van der Waals surface area contributed by atoms with Crippen molar-refractivity contribution in [3.8, 4) is 5.88 Å². The first kappa shape index (κ1) is 25.1. The molecule has 10 heteroatoms. The van der Waals surface area contributed by atoms with E-state index in [1.165, 1.54) is 16.9 Å². The average molecular weight is 501 g/mol. The van der Waals surface area contributed by atoms with E-state index in [0.29, 0.717) is 18.2 Å². The van der Waals surface area contributed by atoms with Crippen LogP contribution in [0.2, 0.25) is 0 Å². The number of carbonyl (C=O) groups is 2. The van der Waals surface area contributed by atoms with Crippen LogP contribution in [-0.2, 0) is 9.59 Å². The van der Waals surface area contributed by atoms with E-state index < -0.39 is 18.1 Å². The van der Waals surface area contributed by atoms with E-state index in [-0.39, 0.29) is 36.6 Å². The number of allylic oxidation sites excluding steroid dienone is 2. The molecule has 0 bridgehead atoms. The molecule has 2 amide bonds. The van der Waals surface area contributed by atoms with Gasteiger partial charge in [0.2, 0.25) is 11.8 Å². The molecule has 2 aliphatic rings. The third-order valence-electron chi connectivity index (χ3n) is 6.58. The van der Waals surface area contributed by atoms with Crippen molar-refractivity contribution in [1.82, 2.24) is 20.4 Å². The fourth-order valence-corrected chi connectivity index (χ4v) is 5.60. The minimum Gasteiger partial charge on any atom is -0.479 e. The van der Waals surface area contributed by atoms with Gasteiger partial charge in [-0.25, -0.2) is 4.98 Å². The van der Waals surface area contributed by atoms with Gasteiger partial charge in [-0.05, 0) is 30.0 Å². The molecule has 4 atom stereocenters. The van der Waals surface area contributed by atoms with Crippen LogP contribution in [-0.4, -0.2) is 64.3 Å². The molecule has 1 aliphatic heterocycles. The van der Waals surface area contributed by atoms with Crippen LogP contribution in [0.15, 0.2) is 39.9 Å². The summed E-state index contributed by atoms with van der Waals surface area (Å²) in [6.45, 7) is 6.30. The lowest BCUT2D eigenvalue weighted by atomic mass is 9.91. The number of aryl methyl sites for hydroxylation is 1. The molecule has 2 N–H and O–H groups in total. The Bertz CT molecular complexity index is 1120. The fraction of sp³-hybridized carbons (Fsp3) is 0.520. The number of ether oxygens (including phenoxy) is 1. The van der Waals surface area contributed by atoms with Crippen LogP contribution in [0.4, 0.5) is 0 Å². The van der Waals surface area contributed by atoms with Gasteiger partial charge in [-0.1, -0.05) is 32.1 Å². The summed E-state index contributed by atoms with van der Waals surface area (Å²) in [4.78, 5) is 33.7. The van der Waals surface area contributed by atoms with Gasteiger partial charge in [-0.15, -0.1) is 11.3 Å². The van der Waals surface area contributed by atoms with Crippen molar-refractivity contribution >= 4 is 23.2 Å². The lowest BCUT2D eigenvalue weighted by molar-refractivity contribution is -0.140. The van der Waals surface area contributed by atoms with Crippen LogP contribution in [0, 0.1) is 12.8 Å². The van der Waals surface area contributed by atoms with E-state index in [2.05, 4.69) is 27.6 Å². The van der Waals surface area contributed by atoms with Crippen LogP contribution in [0.1, 0.15) is 54.9 Å². The summed E-state index contributed by atoms with van der Waals surface area (Å²) >= 11 is 1.66. The molecule has 188 valence electrons. The summed E-state index contributed by atoms with van der Waals surface area (Å²) in [7, 11) is 1.47. The molecule has 0 aromatic carbocycles. The second kappa shape index (κ2) is 10.7. The SMILES string of the molecule is COc1cc([C@H](C(=O)N2C[C@H](O)C[C@H]2C(=O)NCC2=CCC(c3scnc3C)C=C2)C(C)C)on1. The molecule has 1 unspecified atom stereocenters. The van der Waals surface area contributed by atoms with Crippen LogP contribution in [0.3, 0.4) is 0 Å². The molecule has 0 saturated carbocycles. The van der Waals surface area contributed by atoms with Crippen molar-refractivity contribution in [1.29, 1.82) is 0 Å². The normalized spacial score (nSPS) is 22.9. The van der Waals surface area contributed by atoms with Crippen molar-refractivity contribution in [3.63, 3.8) is 0 Å². The lowest BCUT2D eigenvalue weighted by Crippen LogP contribution is -2.48. The van der Waals surface area contributed by atoms with E-state index in [1.807, 2.05) is 32.4 Å². The zero-order chi connectivity index (χ0) is 25.1. The third-order valence-corrected chi connectivity index (χ3v) is 7.65. The number of hydrogen-bond acceptors (Lipinski definition) is 8. The minimum atomic E-state index is -0.760. The monoisotopic (exact) mass is 500 g/mol. The molecular formula is C25H32N4O5S. The molecule has 1 fully saturated rings. The molecule has 2 aromatic rings. The Labute approximate surface area is 208 Å². The third kappa shape index (κ3) is 5.48. The largest absolute Gasteiger partial charge is 0.479 e. The number of methoxy groups -OCH3 is 1. The number of β-amino-alcohol motifs (C(OH)–C–C–N with tert-alkyl or cyclic N) is 1. The quantitative estimate of drug-likeness (QED) is 0.572. The molecule has 1 aliphatic carbocycles. The van der Waals surface area contributed by atoms with Crippen molar-refractivity contribution in [2.45, 2.75) is 57.6 Å². The van der Waals surface area contributed by atoms with E-state index in [0.717, 1.165) is 17.7 Å². The topological polar surface area (TPSA) is 118 Å². The summed E-state index contributed by atoms with van der Waals surface area (Å²) in [5.74, 6) is -0.307. The van der Waals surface area contributed by atoms with Gasteiger partial charge in [-0.3, -0.25) is 9.59 Å². The average Bonchev–Trinajstić information content (AvgIpc) is 3.57. The molecule has 3 heterocycles. The number of hydrogen-bond donors (Lipinski definition) is 2. The summed E-state index contributed by atoms with van der Waals surface area (Å²) in [6.07, 6.45) is 6.60. The van der Waals surface area contributed by atoms with E-state index in [4.69, 9.17) is 9.26 Å². The van der Waals surface area contributed by atoms with Gasteiger partial charge in [0.15, 0.2) is 5.76 Å². The molecule has 35 heavy (non-hydrogen) atoms. The standard InChI is InChI=1S/C25H32N4O5S/c1-14(2)22(20-10-21(33-4)28-34-20)25(32)29-12-18(30)9-19(29)24(31)26-11-16-5-7-17(8-6-16)23-15(3)27-13-35-23/h5-7,10,13-14,17-19,22,30H,8-9,11-12H2,1-4H3,(H,26,31)/t17?,18-,19+,22-/m1/s1. The van der Waals surface area contributed by atoms with Crippen LogP contribution < -0.4 is 10.1 Å². The van der Waals surface area contributed by atoms with Crippen molar-refractivity contribution in [2.24, 2.45) is 5.92 Å². The van der Waals surface area contributed by atoms with Crippen molar-refractivity contribution in [2.75, 3.05) is 20.2 Å². The second-order valence-corrected chi connectivity index (χ2v) is 10.3. The molecule has 9 nitrogen and oxygen atoms in total. The first-order valence-corrected chi connectivity index (χ1v) is 12.7. The van der Waals surface area contributed by atoms with E-state index >= 15 is 0 Å². The minimum absolute atomic E-state index is 0.101. The Balaban J connectivity index is 1.39. The van der Waals surface area contributed by atoms with Gasteiger partial charge < -0.3 is 24.6 Å². The van der Waals surface area contributed by atoms with Gasteiger partial charge in [0.05, 0.1) is 24.4 Å². The summed E-state index contributed by atoms with van der Waals surface area (Å²) in [6, 6.07) is 0.844. The van der Waals surface area contributed by atoms with Crippen LogP contribution >= 0.6 is 11.3 Å². The van der Waals surface area contributed by atoms with Gasteiger partial charge >= 0.3 is 0 Å². The smallest absolute Gasteiger partial charge is 0.254 e. The predicted molar refractivity (Wildman–Crippen MR) is 131 cm³/mol. The van der Waals surface area contributed by atoms with Gasteiger partial charge in [-0.2, -0.15) is 0 Å². The molecule has 2 aromatic heterocycles. The Kier molecular flexibility index (Phi) is 7.71. The Morgan fingerprint density at radius 2 is 2.20 bits per heavy atom. The Morgan fingerprint density at radius 1 is 1.40 bits per heavy atom. The first-order valence-electron chi connectivity index (χ1n) is 11.8. The number of nitrogens with zero attached hydrogens (tertiary/aromatic N) is 3. The maximum atomic E-state index is 13.5. The highest BCUT2D eigenvalue weighted by Crippen LogP contribution is 2.33. The highest BCUT2D eigenvalue weighted by Gasteiger charge is 2.43. The molecule has 0 radical (unpaired) electrons. The van der Waals surface area contributed by atoms with Crippen LogP contribution in [0.25, 0.3) is 0 Å². The molecular weight excluding hydrogens is 468 g/mol. The Morgan fingerprint density at radius 3 is 2.80 bits per heavy atom. The van der Waals surface area contributed by atoms with Gasteiger partial charge in [0, 0.05) is 36.4 Å². The molecule has 1 saturated heterocycles. The van der Waals surface area contributed by atoms with Crippen molar-refractivity contribution < 1.29 is 24.0 Å². The number of amides is 2. The fourth-order valence-electron chi connectivity index (χ4n) is 4.70. The summed E-state index contributed by atoms with van der Waals surface area (Å²) in [5.41, 5.74) is 3.94. The molecule has 4 rings (SSSR count). The van der Waals surface area contributed by atoms with Crippen molar-refractivity contribution in [3.05, 3.63) is 51.7 Å². The number of thiazole rings is 1. The van der Waals surface area contributed by atoms with Gasteiger partial charge in [0.1, 0.15) is 12.0 Å². The number of rotatable bonds is 8. The maximum Gasteiger partial charge on any atom is 0.254 e. The summed E-state index contributed by atoms with van der Waals surface area (Å²) in [5, 5.41) is 17.1.